The first kappa shape index (κ1) is 8.97. The van der Waals surface area contributed by atoms with Gasteiger partial charge in [0, 0.05) is 5.56 Å². The van der Waals surface area contributed by atoms with Crippen molar-refractivity contribution in [3.05, 3.63) is 41.6 Å². The molecule has 0 fully saturated rings. The van der Waals surface area contributed by atoms with Crippen LogP contribution in [0.15, 0.2) is 36.5 Å². The Morgan fingerprint density at radius 1 is 1.14 bits per heavy atom. The van der Waals surface area contributed by atoms with Crippen LogP contribution >= 0.6 is 11.6 Å². The number of hydrogen-bond donors (Lipinski definition) is 1. The van der Waals surface area contributed by atoms with Crippen LogP contribution in [0, 0.1) is 0 Å². The van der Waals surface area contributed by atoms with Crippen molar-refractivity contribution >= 4 is 17.3 Å². The predicted molar refractivity (Wildman–Crippen MR) is 56.9 cm³/mol. The maximum absolute atomic E-state index is 6.01. The second kappa shape index (κ2) is 3.64. The van der Waals surface area contributed by atoms with Gasteiger partial charge in [-0.25, -0.2) is 0 Å². The molecular weight excluding hydrogens is 198 g/mol. The average molecular weight is 206 g/mol. The fourth-order valence-corrected chi connectivity index (χ4v) is 1.43. The second-order valence-corrected chi connectivity index (χ2v) is 3.22. The standard InChI is InChI=1S/C10H8ClN3/c11-8-4-2-1-3-7(8)10-9(12)5-6-13-14-10/h1-6H,(H2,12,13). The third-order valence-electron chi connectivity index (χ3n) is 1.88. The summed E-state index contributed by atoms with van der Waals surface area (Å²) in [5, 5.41) is 8.35. The van der Waals surface area contributed by atoms with Gasteiger partial charge in [-0.05, 0) is 12.1 Å². The molecule has 0 saturated heterocycles. The molecule has 0 unspecified atom stereocenters. The molecule has 0 spiro atoms. The van der Waals surface area contributed by atoms with Crippen LogP contribution in [0.4, 0.5) is 5.69 Å². The highest BCUT2D eigenvalue weighted by Crippen LogP contribution is 2.28. The Hall–Kier alpha value is -1.61. The first-order valence-electron chi connectivity index (χ1n) is 4.11. The Morgan fingerprint density at radius 3 is 2.64 bits per heavy atom. The molecule has 2 rings (SSSR count). The highest BCUT2D eigenvalue weighted by molar-refractivity contribution is 6.33. The van der Waals surface area contributed by atoms with Gasteiger partial charge in [0.2, 0.25) is 0 Å². The summed E-state index contributed by atoms with van der Waals surface area (Å²) < 4.78 is 0. The summed E-state index contributed by atoms with van der Waals surface area (Å²) in [7, 11) is 0. The average Bonchev–Trinajstić information content (AvgIpc) is 2.20. The van der Waals surface area contributed by atoms with Gasteiger partial charge in [-0.2, -0.15) is 5.10 Å². The van der Waals surface area contributed by atoms with Crippen molar-refractivity contribution in [3.63, 3.8) is 0 Å². The zero-order chi connectivity index (χ0) is 9.97. The fraction of sp³-hybridized carbons (Fsp3) is 0. The Morgan fingerprint density at radius 2 is 1.93 bits per heavy atom. The van der Waals surface area contributed by atoms with E-state index in [0.717, 1.165) is 5.56 Å². The van der Waals surface area contributed by atoms with Crippen molar-refractivity contribution in [1.29, 1.82) is 0 Å². The molecule has 0 aliphatic heterocycles. The number of benzene rings is 1. The molecule has 70 valence electrons. The van der Waals surface area contributed by atoms with Crippen molar-refractivity contribution in [1.82, 2.24) is 10.2 Å². The van der Waals surface area contributed by atoms with Crippen LogP contribution < -0.4 is 5.73 Å². The van der Waals surface area contributed by atoms with E-state index in [4.69, 9.17) is 17.3 Å². The van der Waals surface area contributed by atoms with Crippen LogP contribution in [0.25, 0.3) is 11.3 Å². The summed E-state index contributed by atoms with van der Waals surface area (Å²) in [6.45, 7) is 0. The summed E-state index contributed by atoms with van der Waals surface area (Å²) in [5.41, 5.74) is 7.77. The number of anilines is 1. The Kier molecular flexibility index (Phi) is 2.33. The SMILES string of the molecule is Nc1ccnnc1-c1ccccc1Cl. The first-order chi connectivity index (χ1) is 6.79. The number of hydrogen-bond acceptors (Lipinski definition) is 3. The van der Waals surface area contributed by atoms with Crippen molar-refractivity contribution in [2.24, 2.45) is 0 Å². The minimum absolute atomic E-state index is 0.577. The van der Waals surface area contributed by atoms with Crippen molar-refractivity contribution in [2.75, 3.05) is 5.73 Å². The molecule has 0 radical (unpaired) electrons. The quantitative estimate of drug-likeness (QED) is 0.778. The summed E-state index contributed by atoms with van der Waals surface area (Å²) in [6, 6.07) is 9.10. The van der Waals surface area contributed by atoms with Crippen LogP contribution in [0.3, 0.4) is 0 Å². The minimum Gasteiger partial charge on any atom is -0.397 e. The highest BCUT2D eigenvalue weighted by Gasteiger charge is 2.07. The van der Waals surface area contributed by atoms with E-state index in [1.807, 2.05) is 18.2 Å². The Bertz CT molecular complexity index is 413. The van der Waals surface area contributed by atoms with Crippen LogP contribution in [0.5, 0.6) is 0 Å². The first-order valence-corrected chi connectivity index (χ1v) is 4.49. The number of aromatic nitrogens is 2. The molecule has 14 heavy (non-hydrogen) atoms. The van der Waals surface area contributed by atoms with Gasteiger partial charge in [-0.1, -0.05) is 29.8 Å². The lowest BCUT2D eigenvalue weighted by atomic mass is 10.1. The number of nitrogens with two attached hydrogens (primary N) is 1. The normalized spacial score (nSPS) is 10.1. The fourth-order valence-electron chi connectivity index (χ4n) is 1.20. The Balaban J connectivity index is 2.61. The lowest BCUT2D eigenvalue weighted by Gasteiger charge is -2.04. The summed E-state index contributed by atoms with van der Waals surface area (Å²) in [6.07, 6.45) is 1.55. The molecule has 0 aliphatic carbocycles. The van der Waals surface area contributed by atoms with E-state index in [-0.39, 0.29) is 0 Å². The second-order valence-electron chi connectivity index (χ2n) is 2.82. The third-order valence-corrected chi connectivity index (χ3v) is 2.21. The van der Waals surface area contributed by atoms with E-state index in [2.05, 4.69) is 10.2 Å². The van der Waals surface area contributed by atoms with Crippen molar-refractivity contribution in [3.8, 4) is 11.3 Å². The summed E-state index contributed by atoms with van der Waals surface area (Å²) in [5.74, 6) is 0. The molecule has 0 atom stereocenters. The molecule has 0 aliphatic rings. The number of nitrogens with zero attached hydrogens (tertiary/aromatic N) is 2. The molecule has 1 aromatic heterocycles. The molecular formula is C10H8ClN3. The zero-order valence-electron chi connectivity index (χ0n) is 7.31. The van der Waals surface area contributed by atoms with E-state index < -0.39 is 0 Å². The van der Waals surface area contributed by atoms with Gasteiger partial charge in [0.15, 0.2) is 0 Å². The number of rotatable bonds is 1. The maximum atomic E-state index is 6.01. The monoisotopic (exact) mass is 205 g/mol. The number of nitrogen functional groups attached to an aromatic ring is 1. The van der Waals surface area contributed by atoms with Gasteiger partial charge >= 0.3 is 0 Å². The van der Waals surface area contributed by atoms with Crippen LogP contribution in [-0.4, -0.2) is 10.2 Å². The van der Waals surface area contributed by atoms with E-state index in [1.54, 1.807) is 18.3 Å². The summed E-state index contributed by atoms with van der Waals surface area (Å²) in [4.78, 5) is 0. The van der Waals surface area contributed by atoms with Crippen molar-refractivity contribution in [2.45, 2.75) is 0 Å². The van der Waals surface area contributed by atoms with Crippen LogP contribution in [0.1, 0.15) is 0 Å². The largest absolute Gasteiger partial charge is 0.397 e. The molecule has 2 aromatic rings. The van der Waals surface area contributed by atoms with Gasteiger partial charge in [0.1, 0.15) is 5.69 Å². The Labute approximate surface area is 86.5 Å². The van der Waals surface area contributed by atoms with E-state index >= 15 is 0 Å². The molecule has 0 amide bonds. The molecule has 0 bridgehead atoms. The molecule has 4 heteroatoms. The van der Waals surface area contributed by atoms with E-state index in [9.17, 15) is 0 Å². The molecule has 1 heterocycles. The van der Waals surface area contributed by atoms with Gasteiger partial charge < -0.3 is 5.73 Å². The van der Waals surface area contributed by atoms with Crippen LogP contribution in [0.2, 0.25) is 5.02 Å². The lowest BCUT2D eigenvalue weighted by molar-refractivity contribution is 1.04. The molecule has 0 saturated carbocycles. The molecule has 2 N–H and O–H groups in total. The van der Waals surface area contributed by atoms with Crippen LogP contribution in [-0.2, 0) is 0 Å². The smallest absolute Gasteiger partial charge is 0.117 e. The van der Waals surface area contributed by atoms with Gasteiger partial charge in [0.25, 0.3) is 0 Å². The van der Waals surface area contributed by atoms with E-state index in [0.29, 0.717) is 16.4 Å². The zero-order valence-corrected chi connectivity index (χ0v) is 8.07. The van der Waals surface area contributed by atoms with Gasteiger partial charge in [0.05, 0.1) is 16.9 Å². The van der Waals surface area contributed by atoms with Gasteiger partial charge in [-0.3, -0.25) is 0 Å². The van der Waals surface area contributed by atoms with Crippen molar-refractivity contribution < 1.29 is 0 Å². The third kappa shape index (κ3) is 1.54. The number of halogens is 1. The summed E-state index contributed by atoms with van der Waals surface area (Å²) >= 11 is 6.01. The predicted octanol–water partition coefficient (Wildman–Crippen LogP) is 2.38. The minimum atomic E-state index is 0.577. The topological polar surface area (TPSA) is 51.8 Å². The molecule has 1 aromatic carbocycles. The van der Waals surface area contributed by atoms with Gasteiger partial charge in [-0.15, -0.1) is 5.10 Å². The van der Waals surface area contributed by atoms with E-state index in [1.165, 1.54) is 0 Å². The maximum Gasteiger partial charge on any atom is 0.117 e. The highest BCUT2D eigenvalue weighted by atomic mass is 35.5. The molecule has 3 nitrogen and oxygen atoms in total. The lowest BCUT2D eigenvalue weighted by Crippen LogP contribution is -1.95.